The molecule has 4 nitrogen and oxygen atoms in total. The number of hydrogen-bond donors (Lipinski definition) is 2. The Morgan fingerprint density at radius 1 is 1.90 bits per heavy atom. The average molecular weight is 159 g/mol. The quantitative estimate of drug-likeness (QED) is 0.458. The minimum absolute atomic E-state index is 0.0746. The maximum atomic E-state index is 7.03. The summed E-state index contributed by atoms with van der Waals surface area (Å²) in [5, 5.41) is 7.50. The minimum atomic E-state index is -0.0746. The van der Waals surface area contributed by atoms with Crippen LogP contribution in [-0.2, 0) is 7.05 Å². The molecule has 1 rings (SSSR count). The van der Waals surface area contributed by atoms with Crippen molar-refractivity contribution < 1.29 is 0 Å². The number of rotatable bonds is 1. The van der Waals surface area contributed by atoms with Crippen molar-refractivity contribution in [1.82, 2.24) is 9.55 Å². The van der Waals surface area contributed by atoms with E-state index in [0.717, 1.165) is 0 Å². The molecule has 0 amide bonds. The molecule has 1 aromatic heterocycles. The Kier molecular flexibility index (Phi) is 1.63. The lowest BCUT2D eigenvalue weighted by Gasteiger charge is -1.97. The monoisotopic (exact) mass is 158 g/mol. The van der Waals surface area contributed by atoms with Crippen molar-refractivity contribution in [3.8, 4) is 0 Å². The molecule has 0 aliphatic heterocycles. The number of hydrogen-bond acceptors (Lipinski definition) is 2. The van der Waals surface area contributed by atoms with Gasteiger partial charge in [0.05, 0.1) is 6.20 Å². The van der Waals surface area contributed by atoms with E-state index in [2.05, 4.69) is 4.98 Å². The maximum Gasteiger partial charge on any atom is 0.175 e. The Bertz CT molecular complexity index is 265. The van der Waals surface area contributed by atoms with Gasteiger partial charge in [0, 0.05) is 7.05 Å². The fourth-order valence-electron chi connectivity index (χ4n) is 0.639. The summed E-state index contributed by atoms with van der Waals surface area (Å²) >= 11 is 5.62. The molecule has 0 unspecified atom stereocenters. The van der Waals surface area contributed by atoms with Crippen molar-refractivity contribution in [3.63, 3.8) is 0 Å². The van der Waals surface area contributed by atoms with Crippen LogP contribution in [0.4, 0.5) is 0 Å². The third-order valence-corrected chi connectivity index (χ3v) is 1.52. The maximum absolute atomic E-state index is 7.03. The van der Waals surface area contributed by atoms with Crippen LogP contribution in [0.2, 0.25) is 5.15 Å². The normalized spacial score (nSPS) is 9.80. The van der Waals surface area contributed by atoms with E-state index >= 15 is 0 Å². The van der Waals surface area contributed by atoms with Crippen LogP contribution in [0.5, 0.6) is 0 Å². The van der Waals surface area contributed by atoms with Crippen molar-refractivity contribution in [2.45, 2.75) is 0 Å². The number of halogens is 1. The predicted octanol–water partition coefficient (Wildman–Crippen LogP) is 0.358. The smallest absolute Gasteiger partial charge is 0.175 e. The number of nitrogens with zero attached hydrogens (tertiary/aromatic N) is 2. The van der Waals surface area contributed by atoms with Gasteiger partial charge in [-0.25, -0.2) is 4.98 Å². The predicted molar refractivity (Wildman–Crippen MR) is 39.2 cm³/mol. The zero-order valence-electron chi connectivity index (χ0n) is 5.43. The SMILES string of the molecule is Cn1c(Cl)cnc1C(=N)N. The Balaban J connectivity index is 3.17. The van der Waals surface area contributed by atoms with Crippen molar-refractivity contribution in [2.24, 2.45) is 12.8 Å². The summed E-state index contributed by atoms with van der Waals surface area (Å²) in [4.78, 5) is 3.80. The van der Waals surface area contributed by atoms with Gasteiger partial charge in [0.1, 0.15) is 5.15 Å². The van der Waals surface area contributed by atoms with Crippen LogP contribution >= 0.6 is 11.6 Å². The number of aromatic nitrogens is 2. The van der Waals surface area contributed by atoms with Crippen LogP contribution in [0.3, 0.4) is 0 Å². The first-order valence-corrected chi connectivity index (χ1v) is 3.02. The summed E-state index contributed by atoms with van der Waals surface area (Å²) in [6.45, 7) is 0. The highest BCUT2D eigenvalue weighted by Crippen LogP contribution is 2.07. The highest BCUT2D eigenvalue weighted by molar-refractivity contribution is 6.29. The fraction of sp³-hybridized carbons (Fsp3) is 0.200. The largest absolute Gasteiger partial charge is 0.381 e. The molecule has 0 spiro atoms. The number of imidazole rings is 1. The fourth-order valence-corrected chi connectivity index (χ4v) is 0.768. The Hall–Kier alpha value is -1.03. The van der Waals surface area contributed by atoms with E-state index in [1.165, 1.54) is 6.20 Å². The summed E-state index contributed by atoms with van der Waals surface area (Å²) in [5.41, 5.74) is 5.17. The van der Waals surface area contributed by atoms with Crippen LogP contribution in [0.15, 0.2) is 6.20 Å². The van der Waals surface area contributed by atoms with E-state index < -0.39 is 0 Å². The van der Waals surface area contributed by atoms with E-state index in [4.69, 9.17) is 22.7 Å². The molecule has 0 atom stereocenters. The summed E-state index contributed by atoms with van der Waals surface area (Å²) in [7, 11) is 1.70. The molecular weight excluding hydrogens is 152 g/mol. The zero-order chi connectivity index (χ0) is 7.72. The molecule has 10 heavy (non-hydrogen) atoms. The molecule has 0 saturated carbocycles. The highest BCUT2D eigenvalue weighted by Gasteiger charge is 2.05. The van der Waals surface area contributed by atoms with Gasteiger partial charge < -0.3 is 10.3 Å². The van der Waals surface area contributed by atoms with E-state index in [-0.39, 0.29) is 5.84 Å². The van der Waals surface area contributed by atoms with E-state index in [1.54, 1.807) is 11.6 Å². The Morgan fingerprint density at radius 3 is 2.70 bits per heavy atom. The van der Waals surface area contributed by atoms with Gasteiger partial charge in [0.25, 0.3) is 0 Å². The highest BCUT2D eigenvalue weighted by atomic mass is 35.5. The molecule has 0 fully saturated rings. The molecule has 1 heterocycles. The third-order valence-electron chi connectivity index (χ3n) is 1.17. The molecule has 0 aliphatic rings. The lowest BCUT2D eigenvalue weighted by molar-refractivity contribution is 0.893. The summed E-state index contributed by atoms with van der Waals surface area (Å²) in [6, 6.07) is 0. The molecule has 0 saturated heterocycles. The van der Waals surface area contributed by atoms with Gasteiger partial charge in [-0.1, -0.05) is 11.6 Å². The van der Waals surface area contributed by atoms with Crippen LogP contribution in [-0.4, -0.2) is 15.4 Å². The number of nitrogen functional groups attached to an aromatic ring is 1. The van der Waals surface area contributed by atoms with Gasteiger partial charge in [-0.2, -0.15) is 0 Å². The molecule has 0 aromatic carbocycles. The van der Waals surface area contributed by atoms with E-state index in [1.807, 2.05) is 0 Å². The average Bonchev–Trinajstić information content (AvgIpc) is 2.14. The van der Waals surface area contributed by atoms with Gasteiger partial charge in [0.2, 0.25) is 0 Å². The third kappa shape index (κ3) is 0.974. The van der Waals surface area contributed by atoms with Crippen molar-refractivity contribution in [1.29, 1.82) is 5.41 Å². The Labute approximate surface area is 63.1 Å². The molecule has 0 aliphatic carbocycles. The second-order valence-electron chi connectivity index (χ2n) is 1.88. The van der Waals surface area contributed by atoms with Gasteiger partial charge in [-0.05, 0) is 0 Å². The standard InChI is InChI=1S/C5H7ClN4/c1-10-3(6)2-9-5(10)4(7)8/h2H,1H3,(H3,7,8). The molecular formula is C5H7ClN4. The van der Waals surface area contributed by atoms with Gasteiger partial charge in [-0.3, -0.25) is 5.41 Å². The van der Waals surface area contributed by atoms with Gasteiger partial charge >= 0.3 is 0 Å². The number of nitrogens with one attached hydrogen (secondary N) is 1. The lowest BCUT2D eigenvalue weighted by Crippen LogP contribution is -2.16. The topological polar surface area (TPSA) is 67.7 Å². The molecule has 3 N–H and O–H groups in total. The van der Waals surface area contributed by atoms with Crippen molar-refractivity contribution in [2.75, 3.05) is 0 Å². The second kappa shape index (κ2) is 2.30. The van der Waals surface area contributed by atoms with Crippen molar-refractivity contribution in [3.05, 3.63) is 17.2 Å². The van der Waals surface area contributed by atoms with Crippen LogP contribution in [0, 0.1) is 5.41 Å². The summed E-state index contributed by atoms with van der Waals surface area (Å²) < 4.78 is 1.55. The Morgan fingerprint density at radius 2 is 2.50 bits per heavy atom. The zero-order valence-corrected chi connectivity index (χ0v) is 6.18. The van der Waals surface area contributed by atoms with Crippen LogP contribution in [0.25, 0.3) is 0 Å². The first kappa shape index (κ1) is 7.08. The van der Waals surface area contributed by atoms with Gasteiger partial charge in [0.15, 0.2) is 11.7 Å². The summed E-state index contributed by atoms with van der Waals surface area (Å²) in [6.07, 6.45) is 1.46. The lowest BCUT2D eigenvalue weighted by atomic mass is 10.6. The summed E-state index contributed by atoms with van der Waals surface area (Å²) in [5.74, 6) is 0.319. The van der Waals surface area contributed by atoms with E-state index in [0.29, 0.717) is 11.0 Å². The molecule has 1 aromatic rings. The van der Waals surface area contributed by atoms with E-state index in [9.17, 15) is 0 Å². The molecule has 0 bridgehead atoms. The second-order valence-corrected chi connectivity index (χ2v) is 2.26. The minimum Gasteiger partial charge on any atom is -0.381 e. The molecule has 5 heteroatoms. The van der Waals surface area contributed by atoms with Crippen molar-refractivity contribution >= 4 is 17.4 Å². The first-order chi connectivity index (χ1) is 4.63. The van der Waals surface area contributed by atoms with Gasteiger partial charge in [-0.15, -0.1) is 0 Å². The first-order valence-electron chi connectivity index (χ1n) is 2.64. The molecule has 54 valence electrons. The van der Waals surface area contributed by atoms with Crippen LogP contribution < -0.4 is 5.73 Å². The number of nitrogens with two attached hydrogens (primary N) is 1. The van der Waals surface area contributed by atoms with Crippen LogP contribution in [0.1, 0.15) is 5.82 Å². The number of amidine groups is 1. The molecule has 0 radical (unpaired) electrons.